The molecule has 27 heavy (non-hydrogen) atoms. The molecule has 1 aromatic rings. The van der Waals surface area contributed by atoms with Gasteiger partial charge >= 0.3 is 0 Å². The summed E-state index contributed by atoms with van der Waals surface area (Å²) in [6.07, 6.45) is 3.71. The zero-order valence-electron chi connectivity index (χ0n) is 15.0. The Morgan fingerprint density at radius 3 is 2.56 bits per heavy atom. The summed E-state index contributed by atoms with van der Waals surface area (Å²) in [5, 5.41) is 3.53. The molecule has 2 fully saturated rings. The zero-order valence-corrected chi connectivity index (χ0v) is 16.6. The second kappa shape index (κ2) is 8.93. The van der Waals surface area contributed by atoms with Gasteiger partial charge in [0.1, 0.15) is 6.04 Å². The minimum absolute atomic E-state index is 0.0675. The molecule has 146 valence electrons. The number of nitrogens with one attached hydrogen (secondary N) is 1. The molecular weight excluding hydrogens is 389 g/mol. The Bertz CT molecular complexity index is 735. The van der Waals surface area contributed by atoms with E-state index in [4.69, 9.17) is 23.2 Å². The summed E-state index contributed by atoms with van der Waals surface area (Å²) >= 11 is 12.1. The molecule has 1 unspecified atom stereocenters. The maximum atomic E-state index is 12.8. The van der Waals surface area contributed by atoms with Crippen LogP contribution in [0.2, 0.25) is 10.0 Å². The summed E-state index contributed by atoms with van der Waals surface area (Å²) in [4.78, 5) is 40.8. The average molecular weight is 412 g/mol. The van der Waals surface area contributed by atoms with Gasteiger partial charge in [0.15, 0.2) is 0 Å². The van der Waals surface area contributed by atoms with Gasteiger partial charge in [-0.2, -0.15) is 0 Å². The molecule has 2 saturated heterocycles. The van der Waals surface area contributed by atoms with E-state index in [-0.39, 0.29) is 30.7 Å². The van der Waals surface area contributed by atoms with Crippen LogP contribution in [0, 0.1) is 0 Å². The lowest BCUT2D eigenvalue weighted by Gasteiger charge is -2.24. The van der Waals surface area contributed by atoms with Crippen LogP contribution in [-0.4, -0.2) is 59.7 Å². The average Bonchev–Trinajstić information content (AvgIpc) is 3.34. The number of benzene rings is 1. The number of hydrogen-bond acceptors (Lipinski definition) is 3. The van der Waals surface area contributed by atoms with Gasteiger partial charge in [-0.1, -0.05) is 23.2 Å². The van der Waals surface area contributed by atoms with Gasteiger partial charge in [0, 0.05) is 37.6 Å². The molecule has 0 spiro atoms. The van der Waals surface area contributed by atoms with Crippen LogP contribution in [0.15, 0.2) is 18.2 Å². The number of carbonyl (C=O) groups excluding carboxylic acids is 3. The monoisotopic (exact) mass is 411 g/mol. The van der Waals surface area contributed by atoms with Crippen LogP contribution < -0.4 is 5.32 Å². The third-order valence-corrected chi connectivity index (χ3v) is 5.64. The molecule has 6 nitrogen and oxygen atoms in total. The summed E-state index contributed by atoms with van der Waals surface area (Å²) in [6.45, 7) is 2.38. The van der Waals surface area contributed by atoms with Crippen molar-refractivity contribution in [1.82, 2.24) is 15.1 Å². The van der Waals surface area contributed by atoms with Gasteiger partial charge in [0.05, 0.1) is 10.6 Å². The van der Waals surface area contributed by atoms with Crippen LogP contribution in [0.4, 0.5) is 0 Å². The lowest BCUT2D eigenvalue weighted by Crippen LogP contribution is -2.46. The van der Waals surface area contributed by atoms with E-state index < -0.39 is 6.04 Å². The fraction of sp³-hybridized carbons (Fsp3) is 0.526. The molecule has 2 aliphatic heterocycles. The number of likely N-dealkylation sites (tertiary alicyclic amines) is 2. The molecule has 0 aliphatic carbocycles. The molecule has 0 radical (unpaired) electrons. The second-order valence-corrected chi connectivity index (χ2v) is 7.75. The van der Waals surface area contributed by atoms with Crippen LogP contribution in [0.1, 0.15) is 42.5 Å². The topological polar surface area (TPSA) is 69.7 Å². The molecule has 2 aliphatic rings. The molecule has 0 saturated carbocycles. The summed E-state index contributed by atoms with van der Waals surface area (Å²) in [5.74, 6) is -0.459. The SMILES string of the molecule is O=C(NCCC(=O)N1CCCC1)C1CCCN1C(=O)c1cc(Cl)ccc1Cl. The Hall–Kier alpha value is -1.79. The van der Waals surface area contributed by atoms with E-state index in [1.165, 1.54) is 11.0 Å². The Balaban J connectivity index is 1.56. The van der Waals surface area contributed by atoms with Gasteiger partial charge < -0.3 is 15.1 Å². The quantitative estimate of drug-likeness (QED) is 0.809. The lowest BCUT2D eigenvalue weighted by molar-refractivity contribution is -0.130. The van der Waals surface area contributed by atoms with Crippen molar-refractivity contribution >= 4 is 40.9 Å². The first kappa shape index (κ1) is 20.0. The lowest BCUT2D eigenvalue weighted by atomic mass is 10.1. The number of nitrogens with zero attached hydrogens (tertiary/aromatic N) is 2. The number of rotatable bonds is 5. The molecule has 0 aromatic heterocycles. The zero-order chi connectivity index (χ0) is 19.4. The van der Waals surface area contributed by atoms with Gasteiger partial charge in [-0.05, 0) is 43.9 Å². The Labute approximate surface area is 168 Å². The van der Waals surface area contributed by atoms with Crippen molar-refractivity contribution in [1.29, 1.82) is 0 Å². The molecule has 0 bridgehead atoms. The molecule has 1 aromatic carbocycles. The van der Waals surface area contributed by atoms with Gasteiger partial charge in [-0.15, -0.1) is 0 Å². The Morgan fingerprint density at radius 1 is 1.07 bits per heavy atom. The van der Waals surface area contributed by atoms with E-state index in [0.29, 0.717) is 28.6 Å². The fourth-order valence-electron chi connectivity index (χ4n) is 3.63. The standard InChI is InChI=1S/C19H23Cl2N3O3/c20-13-5-6-15(21)14(12-13)19(27)24-11-3-4-16(24)18(26)22-8-7-17(25)23-9-1-2-10-23/h5-6,12,16H,1-4,7-11H2,(H,22,26). The maximum Gasteiger partial charge on any atom is 0.256 e. The Kier molecular flexibility index (Phi) is 6.60. The van der Waals surface area contributed by atoms with Gasteiger partial charge in [-0.3, -0.25) is 14.4 Å². The predicted molar refractivity (Wildman–Crippen MR) is 104 cm³/mol. The van der Waals surface area contributed by atoms with Crippen molar-refractivity contribution in [3.63, 3.8) is 0 Å². The number of amides is 3. The van der Waals surface area contributed by atoms with Crippen LogP contribution in [-0.2, 0) is 9.59 Å². The number of hydrogen-bond donors (Lipinski definition) is 1. The first-order chi connectivity index (χ1) is 13.0. The van der Waals surface area contributed by atoms with E-state index >= 15 is 0 Å². The molecular formula is C19H23Cl2N3O3. The van der Waals surface area contributed by atoms with Crippen LogP contribution in [0.25, 0.3) is 0 Å². The molecule has 8 heteroatoms. The summed E-state index contributed by atoms with van der Waals surface area (Å²) < 4.78 is 0. The number of carbonyl (C=O) groups is 3. The fourth-order valence-corrected chi connectivity index (χ4v) is 4.00. The van der Waals surface area contributed by atoms with Gasteiger partial charge in [0.2, 0.25) is 11.8 Å². The highest BCUT2D eigenvalue weighted by atomic mass is 35.5. The third kappa shape index (κ3) is 4.74. The smallest absolute Gasteiger partial charge is 0.256 e. The Morgan fingerprint density at radius 2 is 1.81 bits per heavy atom. The van der Waals surface area contributed by atoms with Crippen molar-refractivity contribution in [2.45, 2.75) is 38.1 Å². The molecule has 1 atom stereocenters. The van der Waals surface area contributed by atoms with E-state index in [2.05, 4.69) is 5.32 Å². The first-order valence-corrected chi connectivity index (χ1v) is 10.0. The highest BCUT2D eigenvalue weighted by Gasteiger charge is 2.35. The van der Waals surface area contributed by atoms with E-state index in [1.54, 1.807) is 12.1 Å². The van der Waals surface area contributed by atoms with E-state index in [1.807, 2.05) is 4.90 Å². The van der Waals surface area contributed by atoms with Gasteiger partial charge in [-0.25, -0.2) is 0 Å². The molecule has 3 amide bonds. The summed E-state index contributed by atoms with van der Waals surface area (Å²) in [5.41, 5.74) is 0.299. The second-order valence-electron chi connectivity index (χ2n) is 6.91. The first-order valence-electron chi connectivity index (χ1n) is 9.29. The maximum absolute atomic E-state index is 12.8. The number of halogens is 2. The van der Waals surface area contributed by atoms with Gasteiger partial charge in [0.25, 0.3) is 5.91 Å². The van der Waals surface area contributed by atoms with Crippen molar-refractivity contribution in [3.05, 3.63) is 33.8 Å². The van der Waals surface area contributed by atoms with Crippen molar-refractivity contribution in [3.8, 4) is 0 Å². The minimum atomic E-state index is -0.547. The van der Waals surface area contributed by atoms with Crippen LogP contribution >= 0.6 is 23.2 Å². The largest absolute Gasteiger partial charge is 0.354 e. The normalized spacial score (nSPS) is 19.4. The highest BCUT2D eigenvalue weighted by molar-refractivity contribution is 6.35. The predicted octanol–water partition coefficient (Wildman–Crippen LogP) is 2.73. The van der Waals surface area contributed by atoms with Crippen LogP contribution in [0.5, 0.6) is 0 Å². The van der Waals surface area contributed by atoms with Crippen LogP contribution in [0.3, 0.4) is 0 Å². The summed E-state index contributed by atoms with van der Waals surface area (Å²) in [7, 11) is 0. The third-order valence-electron chi connectivity index (χ3n) is 5.07. The molecule has 3 rings (SSSR count). The minimum Gasteiger partial charge on any atom is -0.354 e. The van der Waals surface area contributed by atoms with Crippen molar-refractivity contribution in [2.24, 2.45) is 0 Å². The van der Waals surface area contributed by atoms with Crippen molar-refractivity contribution in [2.75, 3.05) is 26.2 Å². The summed E-state index contributed by atoms with van der Waals surface area (Å²) in [6, 6.07) is 4.17. The van der Waals surface area contributed by atoms with Crippen molar-refractivity contribution < 1.29 is 14.4 Å². The van der Waals surface area contributed by atoms with E-state index in [9.17, 15) is 14.4 Å². The molecule has 2 heterocycles. The highest BCUT2D eigenvalue weighted by Crippen LogP contribution is 2.26. The molecule has 1 N–H and O–H groups in total. The van der Waals surface area contributed by atoms with E-state index in [0.717, 1.165) is 32.4 Å².